The minimum absolute atomic E-state index is 0.0318. The van der Waals surface area contributed by atoms with E-state index in [1.807, 2.05) is 6.92 Å². The maximum atomic E-state index is 13.1. The molecule has 0 aromatic heterocycles. The molecule has 9 heteroatoms. The molecule has 170 valence electrons. The Hall–Kier alpha value is -2.97. The van der Waals surface area contributed by atoms with Crippen LogP contribution in [0, 0.1) is 12.7 Å². The van der Waals surface area contributed by atoms with Crippen molar-refractivity contribution in [2.45, 2.75) is 13.3 Å². The number of hydrogen-bond donors (Lipinski definition) is 0. The van der Waals surface area contributed by atoms with Crippen LogP contribution < -0.4 is 4.90 Å². The van der Waals surface area contributed by atoms with Crippen LogP contribution in [0.3, 0.4) is 0 Å². The number of anilines is 1. The molecule has 0 N–H and O–H groups in total. The van der Waals surface area contributed by atoms with E-state index in [-0.39, 0.29) is 62.9 Å². The van der Waals surface area contributed by atoms with Crippen LogP contribution in [0.25, 0.3) is 0 Å². The summed E-state index contributed by atoms with van der Waals surface area (Å²) < 4.78 is 18.2. The average molecular weight is 462 g/mol. The molecule has 1 aliphatic heterocycles. The highest BCUT2D eigenvalue weighted by molar-refractivity contribution is 6.31. The number of rotatable bonds is 8. The van der Waals surface area contributed by atoms with Gasteiger partial charge in [-0.3, -0.25) is 19.3 Å². The second kappa shape index (κ2) is 10.6. The molecule has 1 fully saturated rings. The first-order valence-electron chi connectivity index (χ1n) is 10.1. The van der Waals surface area contributed by atoms with Gasteiger partial charge in [0.2, 0.25) is 17.7 Å². The van der Waals surface area contributed by atoms with Gasteiger partial charge in [0.25, 0.3) is 0 Å². The van der Waals surface area contributed by atoms with E-state index in [4.69, 9.17) is 16.3 Å². The highest BCUT2D eigenvalue weighted by atomic mass is 35.5. The number of halogens is 2. The Labute approximate surface area is 191 Å². The zero-order valence-corrected chi connectivity index (χ0v) is 18.8. The fourth-order valence-electron chi connectivity index (χ4n) is 3.46. The lowest BCUT2D eigenvalue weighted by Gasteiger charge is -2.25. The third kappa shape index (κ3) is 5.63. The Kier molecular flexibility index (Phi) is 7.82. The van der Waals surface area contributed by atoms with Crippen molar-refractivity contribution >= 4 is 35.0 Å². The number of amides is 3. The summed E-state index contributed by atoms with van der Waals surface area (Å²) in [6.07, 6.45) is 0.0318. The number of nitrogens with zero attached hydrogens (tertiary/aromatic N) is 3. The molecule has 3 amide bonds. The lowest BCUT2D eigenvalue weighted by atomic mass is 10.1. The Morgan fingerprint density at radius 3 is 2.59 bits per heavy atom. The Morgan fingerprint density at radius 1 is 1.19 bits per heavy atom. The summed E-state index contributed by atoms with van der Waals surface area (Å²) in [5, 5.41) is 0.539. The van der Waals surface area contributed by atoms with Crippen molar-refractivity contribution in [1.82, 2.24) is 9.80 Å². The van der Waals surface area contributed by atoms with Gasteiger partial charge in [-0.2, -0.15) is 0 Å². The number of benzene rings is 2. The number of hydrogen-bond acceptors (Lipinski definition) is 4. The van der Waals surface area contributed by atoms with Crippen molar-refractivity contribution in [3.63, 3.8) is 0 Å². The van der Waals surface area contributed by atoms with Crippen LogP contribution in [0.5, 0.6) is 0 Å². The summed E-state index contributed by atoms with van der Waals surface area (Å²) >= 11 is 6.17. The molecule has 0 atom stereocenters. The highest BCUT2D eigenvalue weighted by Crippen LogP contribution is 2.28. The molecule has 3 rings (SSSR count). The van der Waals surface area contributed by atoms with Crippen molar-refractivity contribution in [2.24, 2.45) is 0 Å². The largest absolute Gasteiger partial charge is 0.383 e. The minimum atomic E-state index is -0.384. The number of ether oxygens (including phenoxy) is 1. The normalized spacial score (nSPS) is 13.6. The highest BCUT2D eigenvalue weighted by Gasteiger charge is 2.33. The monoisotopic (exact) mass is 461 g/mol. The van der Waals surface area contributed by atoms with Crippen molar-refractivity contribution in [2.75, 3.05) is 44.9 Å². The quantitative estimate of drug-likeness (QED) is 0.606. The summed E-state index contributed by atoms with van der Waals surface area (Å²) in [6.45, 7) is 2.13. The van der Waals surface area contributed by atoms with E-state index >= 15 is 0 Å². The van der Waals surface area contributed by atoms with Crippen molar-refractivity contribution in [1.29, 1.82) is 0 Å². The van der Waals surface area contributed by atoms with Crippen molar-refractivity contribution < 1.29 is 23.5 Å². The molecule has 7 nitrogen and oxygen atoms in total. The fourth-order valence-corrected chi connectivity index (χ4v) is 3.63. The molecular formula is C23H25ClFN3O4. The first kappa shape index (κ1) is 23.7. The number of carbonyl (C=O) groups is 3. The zero-order valence-electron chi connectivity index (χ0n) is 18.0. The van der Waals surface area contributed by atoms with Crippen LogP contribution in [0.15, 0.2) is 42.5 Å². The van der Waals surface area contributed by atoms with Crippen LogP contribution in [-0.2, 0) is 25.5 Å². The molecule has 0 radical (unpaired) electrons. The van der Waals surface area contributed by atoms with Gasteiger partial charge < -0.3 is 14.5 Å². The van der Waals surface area contributed by atoms with Crippen molar-refractivity contribution in [3.8, 4) is 0 Å². The summed E-state index contributed by atoms with van der Waals surface area (Å²) in [5.41, 5.74) is 2.06. The van der Waals surface area contributed by atoms with E-state index in [1.165, 1.54) is 46.1 Å². The molecule has 0 saturated carbocycles. The molecule has 2 aromatic carbocycles. The summed E-state index contributed by atoms with van der Waals surface area (Å²) in [7, 11) is 1.51. The third-order valence-electron chi connectivity index (χ3n) is 5.33. The van der Waals surface area contributed by atoms with Gasteiger partial charge in [-0.1, -0.05) is 29.8 Å². The molecule has 0 aliphatic carbocycles. The molecule has 1 heterocycles. The lowest BCUT2D eigenvalue weighted by molar-refractivity contribution is -0.140. The first-order valence-corrected chi connectivity index (χ1v) is 10.5. The van der Waals surface area contributed by atoms with Crippen LogP contribution in [-0.4, -0.2) is 67.5 Å². The standard InChI is InChI=1S/C23H25ClFN3O4/c1-16-19(24)4-3-5-20(16)28-15-27(14-23(28)31)22(30)13-26(10-11-32-2)21(29)12-17-6-8-18(25)9-7-17/h3-9H,10-15H2,1-2H3. The Morgan fingerprint density at radius 2 is 1.91 bits per heavy atom. The SMILES string of the molecule is COCCN(CC(=O)N1CC(=O)N(c2cccc(Cl)c2C)C1)C(=O)Cc1ccc(F)cc1. The Bertz CT molecular complexity index is 999. The summed E-state index contributed by atoms with van der Waals surface area (Å²) in [4.78, 5) is 42.6. The molecule has 1 aliphatic rings. The maximum absolute atomic E-state index is 13.1. The predicted octanol–water partition coefficient (Wildman–Crippen LogP) is 2.64. The third-order valence-corrected chi connectivity index (χ3v) is 5.74. The molecule has 0 bridgehead atoms. The van der Waals surface area contributed by atoms with Crippen LogP contribution in [0.4, 0.5) is 10.1 Å². The predicted molar refractivity (Wildman–Crippen MR) is 119 cm³/mol. The average Bonchev–Trinajstić information content (AvgIpc) is 3.16. The van der Waals surface area contributed by atoms with E-state index in [0.29, 0.717) is 16.3 Å². The van der Waals surface area contributed by atoms with Gasteiger partial charge in [-0.25, -0.2) is 4.39 Å². The van der Waals surface area contributed by atoms with E-state index in [1.54, 1.807) is 18.2 Å². The summed E-state index contributed by atoms with van der Waals surface area (Å²) in [5.74, 6) is -1.23. The number of carbonyl (C=O) groups excluding carboxylic acids is 3. The van der Waals surface area contributed by atoms with Gasteiger partial charge >= 0.3 is 0 Å². The lowest BCUT2D eigenvalue weighted by Crippen LogP contribution is -2.44. The first-order chi connectivity index (χ1) is 15.3. The maximum Gasteiger partial charge on any atom is 0.248 e. The van der Waals surface area contributed by atoms with Crippen LogP contribution in [0.1, 0.15) is 11.1 Å². The van der Waals surface area contributed by atoms with E-state index in [2.05, 4.69) is 0 Å². The zero-order chi connectivity index (χ0) is 23.3. The van der Waals surface area contributed by atoms with E-state index < -0.39 is 0 Å². The second-order valence-electron chi connectivity index (χ2n) is 7.55. The van der Waals surface area contributed by atoms with E-state index in [9.17, 15) is 18.8 Å². The van der Waals surface area contributed by atoms with Gasteiger partial charge in [0.1, 0.15) is 19.0 Å². The molecule has 1 saturated heterocycles. The fraction of sp³-hybridized carbons (Fsp3) is 0.348. The van der Waals surface area contributed by atoms with Crippen LogP contribution in [0.2, 0.25) is 5.02 Å². The smallest absolute Gasteiger partial charge is 0.248 e. The van der Waals surface area contributed by atoms with Gasteiger partial charge in [0.15, 0.2) is 0 Å². The van der Waals surface area contributed by atoms with Gasteiger partial charge in [-0.15, -0.1) is 0 Å². The minimum Gasteiger partial charge on any atom is -0.383 e. The van der Waals surface area contributed by atoms with Gasteiger partial charge in [0.05, 0.1) is 19.6 Å². The van der Waals surface area contributed by atoms with Gasteiger partial charge in [-0.05, 0) is 42.3 Å². The Balaban J connectivity index is 1.67. The molecule has 2 aromatic rings. The molecule has 0 unspecified atom stereocenters. The van der Waals surface area contributed by atoms with E-state index in [0.717, 1.165) is 5.56 Å². The summed E-state index contributed by atoms with van der Waals surface area (Å²) in [6, 6.07) is 10.9. The van der Waals surface area contributed by atoms with Crippen LogP contribution >= 0.6 is 11.6 Å². The molecule has 32 heavy (non-hydrogen) atoms. The second-order valence-corrected chi connectivity index (χ2v) is 7.96. The molecule has 0 spiro atoms. The topological polar surface area (TPSA) is 70.2 Å². The van der Waals surface area contributed by atoms with Gasteiger partial charge in [0, 0.05) is 24.4 Å². The molecular weight excluding hydrogens is 437 g/mol. The van der Waals surface area contributed by atoms with Crippen molar-refractivity contribution in [3.05, 3.63) is 64.4 Å². The number of methoxy groups -OCH3 is 1.